The van der Waals surface area contributed by atoms with E-state index in [-0.39, 0.29) is 0 Å². The van der Waals surface area contributed by atoms with E-state index in [1.807, 2.05) is 30.5 Å². The highest BCUT2D eigenvalue weighted by Crippen LogP contribution is 2.39. The third-order valence-corrected chi connectivity index (χ3v) is 9.72. The van der Waals surface area contributed by atoms with Crippen molar-refractivity contribution >= 4 is 76.2 Å². The summed E-state index contributed by atoms with van der Waals surface area (Å²) < 4.78 is 0. The van der Waals surface area contributed by atoms with E-state index in [1.54, 1.807) is 11.3 Å². The van der Waals surface area contributed by atoms with Crippen molar-refractivity contribution in [2.24, 2.45) is 0 Å². The SMILES string of the molecule is c1ccc(-c2nc3ccccc3c3c2ccc2ccccc23)nc1.c1csc(-c2nc3ccccc3c3c2ccc2ccccc23)c1. The smallest absolute Gasteiger partial charge is 0.0972 e. The Hall–Kier alpha value is -5.97. The Kier molecular flexibility index (Phi) is 6.65. The Morgan fingerprint density at radius 1 is 0.383 bits per heavy atom. The van der Waals surface area contributed by atoms with E-state index in [9.17, 15) is 0 Å². The first-order valence-electron chi connectivity index (χ1n) is 15.7. The first kappa shape index (κ1) is 27.3. The van der Waals surface area contributed by atoms with Gasteiger partial charge in [0.15, 0.2) is 0 Å². The van der Waals surface area contributed by atoms with Gasteiger partial charge in [0.2, 0.25) is 0 Å². The zero-order chi connectivity index (χ0) is 31.2. The fourth-order valence-corrected chi connectivity index (χ4v) is 7.47. The molecule has 47 heavy (non-hydrogen) atoms. The summed E-state index contributed by atoms with van der Waals surface area (Å²) in [6.07, 6.45) is 1.82. The van der Waals surface area contributed by atoms with E-state index in [0.717, 1.165) is 33.5 Å². The van der Waals surface area contributed by atoms with E-state index in [0.29, 0.717) is 0 Å². The summed E-state index contributed by atoms with van der Waals surface area (Å²) in [6, 6.07) is 52.8. The number of thiophene rings is 1. The normalized spacial score (nSPS) is 11.4. The van der Waals surface area contributed by atoms with Crippen molar-refractivity contribution in [3.8, 4) is 22.0 Å². The second-order valence-electron chi connectivity index (χ2n) is 11.6. The van der Waals surface area contributed by atoms with Gasteiger partial charge in [0.1, 0.15) is 0 Å². The molecule has 6 aromatic carbocycles. The van der Waals surface area contributed by atoms with Gasteiger partial charge in [-0.1, -0.05) is 121 Å². The van der Waals surface area contributed by atoms with Gasteiger partial charge in [-0.15, -0.1) is 11.3 Å². The number of hydrogen-bond donors (Lipinski definition) is 0. The van der Waals surface area contributed by atoms with Crippen molar-refractivity contribution < 1.29 is 0 Å². The summed E-state index contributed by atoms with van der Waals surface area (Å²) in [5, 5.41) is 14.5. The lowest BCUT2D eigenvalue weighted by molar-refractivity contribution is 1.29. The molecule has 0 amide bonds. The highest BCUT2D eigenvalue weighted by Gasteiger charge is 2.14. The molecule has 0 fully saturated rings. The Morgan fingerprint density at radius 2 is 0.915 bits per heavy atom. The van der Waals surface area contributed by atoms with E-state index >= 15 is 0 Å². The maximum Gasteiger partial charge on any atom is 0.0972 e. The molecular weight excluding hydrogens is 591 g/mol. The minimum absolute atomic E-state index is 0.906. The van der Waals surface area contributed by atoms with E-state index < -0.39 is 0 Å². The van der Waals surface area contributed by atoms with Crippen LogP contribution < -0.4 is 0 Å². The molecule has 0 unspecified atom stereocenters. The van der Waals surface area contributed by atoms with Crippen molar-refractivity contribution in [1.82, 2.24) is 15.0 Å². The molecule has 0 N–H and O–H groups in total. The Labute approximate surface area is 275 Å². The van der Waals surface area contributed by atoms with E-state index in [2.05, 4.69) is 138 Å². The monoisotopic (exact) mass is 617 g/mol. The lowest BCUT2D eigenvalue weighted by atomic mass is 9.96. The summed E-state index contributed by atoms with van der Waals surface area (Å²) in [7, 11) is 0. The minimum Gasteiger partial charge on any atom is -0.255 e. The van der Waals surface area contributed by atoms with Crippen LogP contribution in [0.15, 0.2) is 163 Å². The maximum atomic E-state index is 4.96. The molecule has 0 saturated carbocycles. The van der Waals surface area contributed by atoms with Crippen LogP contribution in [0.3, 0.4) is 0 Å². The molecule has 4 aromatic heterocycles. The molecule has 0 aliphatic heterocycles. The van der Waals surface area contributed by atoms with Crippen LogP contribution in [0.25, 0.3) is 86.9 Å². The zero-order valence-corrected chi connectivity index (χ0v) is 26.2. The third-order valence-electron chi connectivity index (χ3n) is 8.84. The van der Waals surface area contributed by atoms with Gasteiger partial charge in [-0.25, -0.2) is 9.97 Å². The number of pyridine rings is 3. The molecule has 0 aliphatic rings. The van der Waals surface area contributed by atoms with Crippen molar-refractivity contribution in [2.45, 2.75) is 0 Å². The largest absolute Gasteiger partial charge is 0.255 e. The van der Waals surface area contributed by atoms with Gasteiger partial charge in [0.25, 0.3) is 0 Å². The summed E-state index contributed by atoms with van der Waals surface area (Å²) in [5.74, 6) is 0. The van der Waals surface area contributed by atoms with Crippen LogP contribution in [-0.2, 0) is 0 Å². The second-order valence-corrected chi connectivity index (χ2v) is 12.5. The lowest BCUT2D eigenvalue weighted by Gasteiger charge is -2.12. The Bertz CT molecular complexity index is 2700. The molecule has 4 heterocycles. The highest BCUT2D eigenvalue weighted by molar-refractivity contribution is 7.13. The topological polar surface area (TPSA) is 38.7 Å². The van der Waals surface area contributed by atoms with E-state index in [4.69, 9.17) is 9.97 Å². The molecule has 4 heteroatoms. The number of fused-ring (bicyclic) bond motifs is 10. The van der Waals surface area contributed by atoms with Crippen molar-refractivity contribution in [2.75, 3.05) is 0 Å². The Balaban J connectivity index is 0.000000129. The molecule has 3 nitrogen and oxygen atoms in total. The average molecular weight is 618 g/mol. The standard InChI is InChI=1S/C22H14N2.C21H13NS/c1-2-8-16-15(7-1)12-13-18-21(16)17-9-3-4-10-19(17)24-22(18)20-11-5-6-14-23-20;1-2-7-15-14(6-1)11-12-17-20(15)16-8-3-4-9-18(16)22-21(17)19-10-5-13-23-19/h1-14H;1-13H. The quantitative estimate of drug-likeness (QED) is 0.181. The summed E-state index contributed by atoms with van der Waals surface area (Å²) in [5.41, 5.74) is 4.99. The first-order valence-corrected chi connectivity index (χ1v) is 16.6. The van der Waals surface area contributed by atoms with Crippen LogP contribution in [0, 0.1) is 0 Å². The minimum atomic E-state index is 0.906. The molecule has 0 spiro atoms. The molecule has 220 valence electrons. The maximum absolute atomic E-state index is 4.96. The fraction of sp³-hybridized carbons (Fsp3) is 0. The van der Waals surface area contributed by atoms with Gasteiger partial charge in [0.05, 0.1) is 33.0 Å². The van der Waals surface area contributed by atoms with Crippen LogP contribution in [-0.4, -0.2) is 15.0 Å². The van der Waals surface area contributed by atoms with Gasteiger partial charge >= 0.3 is 0 Å². The summed E-state index contributed by atoms with van der Waals surface area (Å²) in [4.78, 5) is 15.6. The van der Waals surface area contributed by atoms with Gasteiger partial charge in [-0.05, 0) is 57.3 Å². The van der Waals surface area contributed by atoms with Gasteiger partial charge in [-0.2, -0.15) is 0 Å². The third kappa shape index (κ3) is 4.70. The fourth-order valence-electron chi connectivity index (χ4n) is 6.74. The lowest BCUT2D eigenvalue weighted by Crippen LogP contribution is -1.92. The van der Waals surface area contributed by atoms with Crippen LogP contribution in [0.5, 0.6) is 0 Å². The summed E-state index contributed by atoms with van der Waals surface area (Å²) >= 11 is 1.74. The summed E-state index contributed by atoms with van der Waals surface area (Å²) in [6.45, 7) is 0. The van der Waals surface area contributed by atoms with Crippen LogP contribution in [0.2, 0.25) is 0 Å². The first-order chi connectivity index (χ1) is 23.3. The van der Waals surface area contributed by atoms with Gasteiger partial charge in [0, 0.05) is 38.5 Å². The second kappa shape index (κ2) is 11.4. The van der Waals surface area contributed by atoms with Crippen LogP contribution >= 0.6 is 11.3 Å². The van der Waals surface area contributed by atoms with Gasteiger partial charge in [-0.3, -0.25) is 4.98 Å². The van der Waals surface area contributed by atoms with Crippen molar-refractivity contribution in [1.29, 1.82) is 0 Å². The number of hydrogen-bond acceptors (Lipinski definition) is 4. The molecule has 10 aromatic rings. The van der Waals surface area contributed by atoms with Gasteiger partial charge < -0.3 is 0 Å². The number of benzene rings is 6. The molecule has 0 saturated heterocycles. The molecular formula is C43H27N3S. The predicted molar refractivity (Wildman–Crippen MR) is 200 cm³/mol. The zero-order valence-electron chi connectivity index (χ0n) is 25.3. The average Bonchev–Trinajstić information content (AvgIpc) is 3.69. The molecule has 0 aliphatic carbocycles. The molecule has 0 radical (unpaired) electrons. The number of para-hydroxylation sites is 2. The van der Waals surface area contributed by atoms with Crippen LogP contribution in [0.4, 0.5) is 0 Å². The van der Waals surface area contributed by atoms with E-state index in [1.165, 1.54) is 53.4 Å². The predicted octanol–water partition coefficient (Wildman–Crippen LogP) is 11.9. The molecule has 0 atom stereocenters. The van der Waals surface area contributed by atoms with Crippen molar-refractivity contribution in [3.63, 3.8) is 0 Å². The van der Waals surface area contributed by atoms with Crippen LogP contribution in [0.1, 0.15) is 0 Å². The number of aromatic nitrogens is 3. The van der Waals surface area contributed by atoms with Crippen molar-refractivity contribution in [3.05, 3.63) is 163 Å². The molecule has 10 rings (SSSR count). The number of nitrogens with zero attached hydrogens (tertiary/aromatic N) is 3. The number of rotatable bonds is 2. The molecule has 0 bridgehead atoms. The highest BCUT2D eigenvalue weighted by atomic mass is 32.1. The Morgan fingerprint density at radius 3 is 1.49 bits per heavy atom.